The van der Waals surface area contributed by atoms with E-state index in [2.05, 4.69) is 0 Å². The zero-order valence-electron chi connectivity index (χ0n) is 10.7. The number of hydrogen-bond acceptors (Lipinski definition) is 1. The van der Waals surface area contributed by atoms with Gasteiger partial charge < -0.3 is 4.74 Å². The van der Waals surface area contributed by atoms with E-state index in [-0.39, 0.29) is 5.82 Å². The van der Waals surface area contributed by atoms with Gasteiger partial charge in [0, 0.05) is 5.56 Å². The molecule has 0 saturated heterocycles. The van der Waals surface area contributed by atoms with Gasteiger partial charge >= 0.3 is 0 Å². The van der Waals surface area contributed by atoms with Crippen molar-refractivity contribution in [2.24, 2.45) is 0 Å². The second-order valence-electron chi connectivity index (χ2n) is 4.28. The Hall–Kier alpha value is -0.960. The van der Waals surface area contributed by atoms with Gasteiger partial charge in [0.25, 0.3) is 0 Å². The van der Waals surface area contributed by atoms with Crippen molar-refractivity contribution in [2.45, 2.75) is 11.8 Å². The molecule has 1 nitrogen and oxygen atoms in total. The number of benzene rings is 2. The minimum absolute atomic E-state index is 0.350. The number of rotatable bonds is 4. The number of alkyl halides is 1. The van der Waals surface area contributed by atoms with E-state index in [0.29, 0.717) is 27.8 Å². The third kappa shape index (κ3) is 3.38. The highest BCUT2D eigenvalue weighted by Crippen LogP contribution is 2.35. The van der Waals surface area contributed by atoms with Crippen LogP contribution in [0, 0.1) is 5.82 Å². The summed E-state index contributed by atoms with van der Waals surface area (Å²) < 4.78 is 19.1. The molecule has 2 aromatic carbocycles. The van der Waals surface area contributed by atoms with Crippen LogP contribution in [0.5, 0.6) is 5.75 Å². The molecule has 1 atom stereocenters. The molecule has 2 rings (SSSR count). The molecule has 0 saturated carbocycles. The molecule has 0 aliphatic heterocycles. The third-order valence-corrected chi connectivity index (χ3v) is 4.06. The molecule has 0 amide bonds. The monoisotopic (exact) mass is 332 g/mol. The molecule has 0 aliphatic rings. The topological polar surface area (TPSA) is 9.23 Å². The van der Waals surface area contributed by atoms with Gasteiger partial charge in [0.15, 0.2) is 0 Å². The van der Waals surface area contributed by atoms with Gasteiger partial charge in [0.05, 0.1) is 22.5 Å². The largest absolute Gasteiger partial charge is 0.496 e. The van der Waals surface area contributed by atoms with Gasteiger partial charge in [0.1, 0.15) is 11.6 Å². The summed E-state index contributed by atoms with van der Waals surface area (Å²) in [6.45, 7) is 0. The Morgan fingerprint density at radius 1 is 1.15 bits per heavy atom. The number of halogens is 4. The summed E-state index contributed by atoms with van der Waals surface area (Å²) >= 11 is 18.1. The molecule has 0 fully saturated rings. The van der Waals surface area contributed by atoms with E-state index in [1.165, 1.54) is 13.2 Å². The Morgan fingerprint density at radius 2 is 1.90 bits per heavy atom. The van der Waals surface area contributed by atoms with Gasteiger partial charge in [0.2, 0.25) is 0 Å². The standard InChI is InChI=1S/C15H12Cl3FO/c1-20-14-4-2-3-13(19)15(14)12(18)8-9-5-6-10(16)11(17)7-9/h2-7,12H,8H2,1H3. The molecule has 0 N–H and O–H groups in total. The van der Waals surface area contributed by atoms with Crippen LogP contribution in [0.4, 0.5) is 4.39 Å². The van der Waals surface area contributed by atoms with E-state index in [9.17, 15) is 4.39 Å². The summed E-state index contributed by atoms with van der Waals surface area (Å²) in [5.74, 6) is 0.0504. The van der Waals surface area contributed by atoms with E-state index in [1.54, 1.807) is 24.3 Å². The van der Waals surface area contributed by atoms with Crippen molar-refractivity contribution >= 4 is 34.8 Å². The van der Waals surface area contributed by atoms with Crippen LogP contribution < -0.4 is 4.74 Å². The molecular formula is C15H12Cl3FO. The number of ether oxygens (including phenoxy) is 1. The lowest BCUT2D eigenvalue weighted by molar-refractivity contribution is 0.403. The summed E-state index contributed by atoms with van der Waals surface area (Å²) in [6.07, 6.45) is 0.426. The lowest BCUT2D eigenvalue weighted by Gasteiger charge is -2.15. The molecule has 0 heterocycles. The molecule has 2 aromatic rings. The van der Waals surface area contributed by atoms with E-state index < -0.39 is 5.38 Å². The SMILES string of the molecule is COc1cccc(F)c1C(Cl)Cc1ccc(Cl)c(Cl)c1. The van der Waals surface area contributed by atoms with Gasteiger partial charge in [-0.2, -0.15) is 0 Å². The second kappa shape index (κ2) is 6.66. The summed E-state index contributed by atoms with van der Waals surface area (Å²) in [6, 6.07) is 9.87. The van der Waals surface area contributed by atoms with E-state index >= 15 is 0 Å². The zero-order valence-corrected chi connectivity index (χ0v) is 12.9. The first-order chi connectivity index (χ1) is 9.52. The maximum atomic E-state index is 13.9. The molecule has 1 unspecified atom stereocenters. The summed E-state index contributed by atoms with van der Waals surface area (Å²) in [4.78, 5) is 0. The first-order valence-corrected chi connectivity index (χ1v) is 7.12. The van der Waals surface area contributed by atoms with Gasteiger partial charge in [-0.25, -0.2) is 4.39 Å². The van der Waals surface area contributed by atoms with Crippen LogP contribution in [-0.2, 0) is 6.42 Å². The fourth-order valence-electron chi connectivity index (χ4n) is 1.97. The average Bonchev–Trinajstić information content (AvgIpc) is 2.42. The molecular weight excluding hydrogens is 322 g/mol. The Morgan fingerprint density at radius 3 is 2.55 bits per heavy atom. The lowest BCUT2D eigenvalue weighted by atomic mass is 10.0. The molecule has 0 aliphatic carbocycles. The van der Waals surface area contributed by atoms with Crippen molar-refractivity contribution in [3.8, 4) is 5.75 Å². The second-order valence-corrected chi connectivity index (χ2v) is 5.62. The van der Waals surface area contributed by atoms with Crippen LogP contribution >= 0.6 is 34.8 Å². The summed E-state index contributed by atoms with van der Waals surface area (Å²) in [5, 5.41) is 0.377. The van der Waals surface area contributed by atoms with Crippen molar-refractivity contribution in [2.75, 3.05) is 7.11 Å². The Balaban J connectivity index is 2.28. The van der Waals surface area contributed by atoms with Crippen LogP contribution in [0.1, 0.15) is 16.5 Å². The molecule has 0 bridgehead atoms. The maximum absolute atomic E-state index is 13.9. The molecule has 5 heteroatoms. The zero-order chi connectivity index (χ0) is 14.7. The van der Waals surface area contributed by atoms with E-state index in [1.807, 2.05) is 6.07 Å². The fraction of sp³-hybridized carbons (Fsp3) is 0.200. The lowest BCUT2D eigenvalue weighted by Crippen LogP contribution is -2.02. The fourth-order valence-corrected chi connectivity index (χ4v) is 2.69. The van der Waals surface area contributed by atoms with Crippen LogP contribution in [0.2, 0.25) is 10.0 Å². The molecule has 20 heavy (non-hydrogen) atoms. The van der Waals surface area contributed by atoms with Crippen LogP contribution in [0.25, 0.3) is 0 Å². The first kappa shape index (κ1) is 15.4. The Labute approximate surface area is 132 Å². The van der Waals surface area contributed by atoms with Crippen molar-refractivity contribution in [1.29, 1.82) is 0 Å². The van der Waals surface area contributed by atoms with E-state index in [4.69, 9.17) is 39.5 Å². The molecule has 0 aromatic heterocycles. The normalized spacial score (nSPS) is 12.2. The number of hydrogen-bond donors (Lipinski definition) is 0. The Bertz CT molecular complexity index is 616. The highest BCUT2D eigenvalue weighted by atomic mass is 35.5. The maximum Gasteiger partial charge on any atom is 0.131 e. The van der Waals surface area contributed by atoms with Crippen molar-refractivity contribution in [3.63, 3.8) is 0 Å². The quantitative estimate of drug-likeness (QED) is 0.656. The third-order valence-electron chi connectivity index (χ3n) is 2.94. The minimum atomic E-state index is -0.552. The Kier molecular flexibility index (Phi) is 5.14. The van der Waals surface area contributed by atoms with Gasteiger partial charge in [-0.3, -0.25) is 0 Å². The molecule has 0 radical (unpaired) electrons. The first-order valence-electron chi connectivity index (χ1n) is 5.93. The number of methoxy groups -OCH3 is 1. The smallest absolute Gasteiger partial charge is 0.131 e. The van der Waals surface area contributed by atoms with Crippen LogP contribution in [0.3, 0.4) is 0 Å². The predicted molar refractivity (Wildman–Crippen MR) is 81.7 cm³/mol. The summed E-state index contributed by atoms with van der Waals surface area (Å²) in [7, 11) is 1.49. The van der Waals surface area contributed by atoms with E-state index in [0.717, 1.165) is 5.56 Å². The van der Waals surface area contributed by atoms with Crippen LogP contribution in [-0.4, -0.2) is 7.11 Å². The van der Waals surface area contributed by atoms with Crippen molar-refractivity contribution < 1.29 is 9.13 Å². The van der Waals surface area contributed by atoms with Gasteiger partial charge in [-0.15, -0.1) is 11.6 Å². The van der Waals surface area contributed by atoms with Crippen LogP contribution in [0.15, 0.2) is 36.4 Å². The van der Waals surface area contributed by atoms with Crippen molar-refractivity contribution in [3.05, 3.63) is 63.4 Å². The minimum Gasteiger partial charge on any atom is -0.496 e. The molecule has 0 spiro atoms. The highest BCUT2D eigenvalue weighted by Gasteiger charge is 2.19. The van der Waals surface area contributed by atoms with Gasteiger partial charge in [-0.1, -0.05) is 35.3 Å². The predicted octanol–water partition coefficient (Wildman–Crippen LogP) is 5.66. The molecule has 106 valence electrons. The highest BCUT2D eigenvalue weighted by molar-refractivity contribution is 6.42. The van der Waals surface area contributed by atoms with Crippen molar-refractivity contribution in [1.82, 2.24) is 0 Å². The average molecular weight is 334 g/mol. The van der Waals surface area contributed by atoms with Gasteiger partial charge in [-0.05, 0) is 36.2 Å². The summed E-state index contributed by atoms with van der Waals surface area (Å²) in [5.41, 5.74) is 1.23.